The number of hydrogen-bond acceptors (Lipinski definition) is 2. The fourth-order valence-corrected chi connectivity index (χ4v) is 1.39. The van der Waals surface area contributed by atoms with Crippen molar-refractivity contribution < 1.29 is 9.90 Å². The Labute approximate surface area is 74.0 Å². The fourth-order valence-electron chi connectivity index (χ4n) is 1.39. The monoisotopic (exact) mass is 173 g/mol. The molecular formula is C9H19NO2. The number of aliphatic carboxylic acids is 1. The van der Waals surface area contributed by atoms with Crippen LogP contribution in [0.1, 0.15) is 40.0 Å². The second-order valence-electron chi connectivity index (χ2n) is 3.76. The van der Waals surface area contributed by atoms with E-state index in [1.165, 1.54) is 0 Å². The van der Waals surface area contributed by atoms with Crippen LogP contribution in [0, 0.1) is 5.41 Å². The standard InChI is InChI=1S/C9H19NO2/c1-4-5-9(3,7(2)10)6-8(11)12/h7H,4-6,10H2,1-3H3,(H,11,12). The van der Waals surface area contributed by atoms with Gasteiger partial charge in [-0.2, -0.15) is 0 Å². The van der Waals surface area contributed by atoms with E-state index in [1.807, 2.05) is 20.8 Å². The molecule has 0 aliphatic heterocycles. The lowest BCUT2D eigenvalue weighted by Crippen LogP contribution is -2.38. The van der Waals surface area contributed by atoms with Gasteiger partial charge in [-0.1, -0.05) is 20.3 Å². The third-order valence-corrected chi connectivity index (χ3v) is 2.48. The Morgan fingerprint density at radius 1 is 1.67 bits per heavy atom. The number of carbonyl (C=O) groups is 1. The molecule has 0 aromatic rings. The van der Waals surface area contributed by atoms with E-state index in [0.717, 1.165) is 12.8 Å². The number of carboxylic acid groups (broad SMARTS) is 1. The summed E-state index contributed by atoms with van der Waals surface area (Å²) >= 11 is 0. The van der Waals surface area contributed by atoms with Crippen LogP contribution >= 0.6 is 0 Å². The highest BCUT2D eigenvalue weighted by atomic mass is 16.4. The first kappa shape index (κ1) is 11.4. The molecule has 72 valence electrons. The summed E-state index contributed by atoms with van der Waals surface area (Å²) in [6, 6.07) is -0.0615. The molecule has 0 radical (unpaired) electrons. The van der Waals surface area contributed by atoms with Gasteiger partial charge in [0.05, 0.1) is 6.42 Å². The van der Waals surface area contributed by atoms with Gasteiger partial charge >= 0.3 is 5.97 Å². The number of rotatable bonds is 5. The van der Waals surface area contributed by atoms with Crippen LogP contribution in [0.25, 0.3) is 0 Å². The molecule has 2 atom stereocenters. The fraction of sp³-hybridized carbons (Fsp3) is 0.889. The van der Waals surface area contributed by atoms with E-state index in [4.69, 9.17) is 10.8 Å². The lowest BCUT2D eigenvalue weighted by molar-refractivity contribution is -0.140. The lowest BCUT2D eigenvalue weighted by atomic mass is 9.77. The maximum Gasteiger partial charge on any atom is 0.303 e. The van der Waals surface area contributed by atoms with Gasteiger partial charge < -0.3 is 10.8 Å². The Morgan fingerprint density at radius 3 is 2.42 bits per heavy atom. The third-order valence-electron chi connectivity index (χ3n) is 2.48. The summed E-state index contributed by atoms with van der Waals surface area (Å²) in [6.07, 6.45) is 2.01. The van der Waals surface area contributed by atoms with Crippen molar-refractivity contribution in [2.45, 2.75) is 46.1 Å². The highest BCUT2D eigenvalue weighted by molar-refractivity contribution is 5.67. The van der Waals surface area contributed by atoms with Crippen molar-refractivity contribution in [2.24, 2.45) is 11.1 Å². The van der Waals surface area contributed by atoms with E-state index in [1.54, 1.807) is 0 Å². The molecule has 0 saturated carbocycles. The van der Waals surface area contributed by atoms with Gasteiger partial charge in [0.1, 0.15) is 0 Å². The van der Waals surface area contributed by atoms with E-state index < -0.39 is 5.97 Å². The van der Waals surface area contributed by atoms with E-state index in [0.29, 0.717) is 0 Å². The molecule has 0 fully saturated rings. The smallest absolute Gasteiger partial charge is 0.303 e. The van der Waals surface area contributed by atoms with Crippen LogP contribution in [-0.2, 0) is 4.79 Å². The molecule has 0 rings (SSSR count). The zero-order valence-electron chi connectivity index (χ0n) is 8.13. The molecule has 0 saturated heterocycles. The maximum atomic E-state index is 10.5. The van der Waals surface area contributed by atoms with Crippen molar-refractivity contribution in [1.82, 2.24) is 0 Å². The molecule has 2 unspecified atom stereocenters. The predicted octanol–water partition coefficient (Wildman–Crippen LogP) is 1.61. The topological polar surface area (TPSA) is 63.3 Å². The molecule has 12 heavy (non-hydrogen) atoms. The first-order valence-electron chi connectivity index (χ1n) is 4.39. The highest BCUT2D eigenvalue weighted by Crippen LogP contribution is 2.30. The third kappa shape index (κ3) is 3.22. The molecule has 0 aromatic carbocycles. The summed E-state index contributed by atoms with van der Waals surface area (Å²) in [5, 5.41) is 8.67. The van der Waals surface area contributed by atoms with Gasteiger partial charge in [0.25, 0.3) is 0 Å². The lowest BCUT2D eigenvalue weighted by Gasteiger charge is -2.31. The zero-order valence-corrected chi connectivity index (χ0v) is 8.13. The minimum absolute atomic E-state index is 0.0615. The first-order chi connectivity index (χ1) is 5.42. The number of carboxylic acids is 1. The Balaban J connectivity index is 4.28. The second kappa shape index (κ2) is 4.45. The molecule has 0 bridgehead atoms. The van der Waals surface area contributed by atoms with Gasteiger partial charge in [0.15, 0.2) is 0 Å². The quantitative estimate of drug-likeness (QED) is 0.664. The second-order valence-corrected chi connectivity index (χ2v) is 3.76. The van der Waals surface area contributed by atoms with Crippen LogP contribution in [0.4, 0.5) is 0 Å². The largest absolute Gasteiger partial charge is 0.481 e. The zero-order chi connectivity index (χ0) is 9.78. The van der Waals surface area contributed by atoms with Gasteiger partial charge in [-0.05, 0) is 18.8 Å². The van der Waals surface area contributed by atoms with Crippen molar-refractivity contribution in [2.75, 3.05) is 0 Å². The molecule has 3 heteroatoms. The minimum atomic E-state index is -0.761. The Hall–Kier alpha value is -0.570. The van der Waals surface area contributed by atoms with E-state index >= 15 is 0 Å². The predicted molar refractivity (Wildman–Crippen MR) is 48.9 cm³/mol. The molecule has 0 aliphatic rings. The average Bonchev–Trinajstić information content (AvgIpc) is 1.85. The summed E-state index contributed by atoms with van der Waals surface area (Å²) in [6.45, 7) is 5.86. The molecule has 3 N–H and O–H groups in total. The van der Waals surface area contributed by atoms with Crippen LogP contribution < -0.4 is 5.73 Å². The van der Waals surface area contributed by atoms with Crippen LogP contribution in [0.2, 0.25) is 0 Å². The van der Waals surface area contributed by atoms with Crippen LogP contribution in [0.5, 0.6) is 0 Å². The van der Waals surface area contributed by atoms with Gasteiger partial charge in [-0.3, -0.25) is 4.79 Å². The van der Waals surface area contributed by atoms with Gasteiger partial charge in [-0.15, -0.1) is 0 Å². The van der Waals surface area contributed by atoms with Crippen molar-refractivity contribution in [3.63, 3.8) is 0 Å². The maximum absolute atomic E-state index is 10.5. The van der Waals surface area contributed by atoms with Crippen LogP contribution in [0.15, 0.2) is 0 Å². The minimum Gasteiger partial charge on any atom is -0.481 e. The molecule has 0 aromatic heterocycles. The number of nitrogens with two attached hydrogens (primary N) is 1. The van der Waals surface area contributed by atoms with Crippen molar-refractivity contribution in [1.29, 1.82) is 0 Å². The first-order valence-corrected chi connectivity index (χ1v) is 4.39. The SMILES string of the molecule is CCCC(C)(CC(=O)O)C(C)N. The summed E-state index contributed by atoms with van der Waals surface area (Å²) in [4.78, 5) is 10.5. The summed E-state index contributed by atoms with van der Waals surface area (Å²) in [7, 11) is 0. The van der Waals surface area contributed by atoms with Crippen molar-refractivity contribution in [3.8, 4) is 0 Å². The van der Waals surface area contributed by atoms with Crippen molar-refractivity contribution >= 4 is 5.97 Å². The molecular weight excluding hydrogens is 154 g/mol. The summed E-state index contributed by atoms with van der Waals surface area (Å²) < 4.78 is 0. The molecule has 0 spiro atoms. The van der Waals surface area contributed by atoms with Gasteiger partial charge in [0, 0.05) is 6.04 Å². The Morgan fingerprint density at radius 2 is 2.17 bits per heavy atom. The highest BCUT2D eigenvalue weighted by Gasteiger charge is 2.30. The van der Waals surface area contributed by atoms with Crippen molar-refractivity contribution in [3.05, 3.63) is 0 Å². The van der Waals surface area contributed by atoms with Gasteiger partial charge in [-0.25, -0.2) is 0 Å². The van der Waals surface area contributed by atoms with Crippen LogP contribution in [0.3, 0.4) is 0 Å². The van der Waals surface area contributed by atoms with Crippen LogP contribution in [-0.4, -0.2) is 17.1 Å². The summed E-state index contributed by atoms with van der Waals surface area (Å²) in [5.74, 6) is -0.761. The molecule has 3 nitrogen and oxygen atoms in total. The van der Waals surface area contributed by atoms with E-state index in [9.17, 15) is 4.79 Å². The molecule has 0 aliphatic carbocycles. The van der Waals surface area contributed by atoms with Gasteiger partial charge in [0.2, 0.25) is 0 Å². The molecule has 0 amide bonds. The van der Waals surface area contributed by atoms with E-state index in [2.05, 4.69) is 0 Å². The average molecular weight is 173 g/mol. The number of hydrogen-bond donors (Lipinski definition) is 2. The Bertz CT molecular complexity index is 157. The molecule has 0 heterocycles. The van der Waals surface area contributed by atoms with E-state index in [-0.39, 0.29) is 17.9 Å². The summed E-state index contributed by atoms with van der Waals surface area (Å²) in [5.41, 5.74) is 5.49. The normalized spacial score (nSPS) is 18.3. The Kier molecular flexibility index (Phi) is 4.24.